The number of nitrogens with two attached hydrogens (primary N) is 1. The molecule has 1 amide bonds. The third kappa shape index (κ3) is 5.36. The molecule has 0 aliphatic carbocycles. The Hall–Kier alpha value is -2.72. The summed E-state index contributed by atoms with van der Waals surface area (Å²) in [5, 5.41) is 0.611. The molecule has 0 radical (unpaired) electrons. The predicted octanol–water partition coefficient (Wildman–Crippen LogP) is 4.18. The topological polar surface area (TPSA) is 102 Å². The van der Waals surface area contributed by atoms with Gasteiger partial charge < -0.3 is 15.4 Å². The van der Waals surface area contributed by atoms with Crippen LogP contribution in [0, 0.1) is 0 Å². The summed E-state index contributed by atoms with van der Waals surface area (Å²) in [6.45, 7) is 0. The third-order valence-corrected chi connectivity index (χ3v) is 7.24. The molecule has 168 valence electrons. The van der Waals surface area contributed by atoms with Crippen LogP contribution in [0.1, 0.15) is 26.9 Å². The number of methoxy groups -OCH3 is 1. The molecule has 0 aliphatic heterocycles. The van der Waals surface area contributed by atoms with Gasteiger partial charge in [0.05, 0.1) is 9.77 Å². The van der Waals surface area contributed by atoms with Gasteiger partial charge in [0, 0.05) is 36.7 Å². The summed E-state index contributed by atoms with van der Waals surface area (Å²) in [6.07, 6.45) is 0.612. The van der Waals surface area contributed by atoms with Crippen LogP contribution >= 0.6 is 22.9 Å². The van der Waals surface area contributed by atoms with Gasteiger partial charge in [0.1, 0.15) is 12.4 Å². The monoisotopic (exact) mass is 491 g/mol. The van der Waals surface area contributed by atoms with E-state index in [9.17, 15) is 13.2 Å². The van der Waals surface area contributed by atoms with Crippen LogP contribution in [-0.4, -0.2) is 46.8 Å². The highest BCUT2D eigenvalue weighted by molar-refractivity contribution is 7.90. The number of amides is 1. The molecule has 0 bridgehead atoms. The SMILES string of the molecule is COC(c1ccc(S(=O)(=O)N=CN(C)C)cc1)c1cc(-c2ccc(Cl)cc2)sc1C(N)=O. The van der Waals surface area contributed by atoms with Gasteiger partial charge in [-0.3, -0.25) is 4.79 Å². The molecule has 32 heavy (non-hydrogen) atoms. The molecule has 3 aromatic rings. The van der Waals surface area contributed by atoms with Crippen LogP contribution in [0.4, 0.5) is 0 Å². The molecule has 2 aromatic carbocycles. The Morgan fingerprint density at radius 3 is 2.31 bits per heavy atom. The van der Waals surface area contributed by atoms with Gasteiger partial charge in [-0.15, -0.1) is 15.7 Å². The zero-order valence-electron chi connectivity index (χ0n) is 17.7. The van der Waals surface area contributed by atoms with E-state index in [2.05, 4.69) is 4.40 Å². The first kappa shape index (κ1) is 23.9. The summed E-state index contributed by atoms with van der Waals surface area (Å²) in [7, 11) is 1.06. The summed E-state index contributed by atoms with van der Waals surface area (Å²) in [5.74, 6) is -0.565. The largest absolute Gasteiger partial charge is 0.372 e. The van der Waals surface area contributed by atoms with Crippen molar-refractivity contribution in [2.45, 2.75) is 11.0 Å². The van der Waals surface area contributed by atoms with Crippen molar-refractivity contribution in [1.82, 2.24) is 4.90 Å². The Balaban J connectivity index is 1.99. The average Bonchev–Trinajstić information content (AvgIpc) is 3.19. The van der Waals surface area contributed by atoms with Gasteiger partial charge in [0.25, 0.3) is 15.9 Å². The van der Waals surface area contributed by atoms with Crippen LogP contribution in [0.2, 0.25) is 5.02 Å². The molecule has 0 spiro atoms. The van der Waals surface area contributed by atoms with E-state index in [4.69, 9.17) is 22.1 Å². The lowest BCUT2D eigenvalue weighted by Crippen LogP contribution is -2.14. The lowest BCUT2D eigenvalue weighted by molar-refractivity contribution is 0.0993. The Labute approximate surface area is 196 Å². The van der Waals surface area contributed by atoms with Gasteiger partial charge in [-0.05, 0) is 41.5 Å². The Morgan fingerprint density at radius 1 is 1.16 bits per heavy atom. The van der Waals surface area contributed by atoms with Gasteiger partial charge >= 0.3 is 0 Å². The molecule has 0 saturated heterocycles. The normalized spacial score (nSPS) is 12.8. The number of hydrogen-bond donors (Lipinski definition) is 1. The van der Waals surface area contributed by atoms with Crippen LogP contribution in [-0.2, 0) is 14.8 Å². The highest BCUT2D eigenvalue weighted by Crippen LogP contribution is 2.38. The summed E-state index contributed by atoms with van der Waals surface area (Å²) >= 11 is 7.24. The van der Waals surface area contributed by atoms with Gasteiger partial charge in [0.15, 0.2) is 0 Å². The van der Waals surface area contributed by atoms with Crippen molar-refractivity contribution in [1.29, 1.82) is 0 Å². The van der Waals surface area contributed by atoms with E-state index in [1.807, 2.05) is 18.2 Å². The second-order valence-corrected chi connectivity index (χ2v) is 10.2. The first-order valence-electron chi connectivity index (χ1n) is 9.41. The van der Waals surface area contributed by atoms with E-state index < -0.39 is 22.0 Å². The number of thiophene rings is 1. The maximum absolute atomic E-state index is 12.4. The van der Waals surface area contributed by atoms with E-state index in [1.54, 1.807) is 38.4 Å². The second kappa shape index (κ2) is 9.83. The molecule has 7 nitrogen and oxygen atoms in total. The number of primary amides is 1. The standard InChI is InChI=1S/C22H22ClN3O4S2/c1-26(2)13-25-32(28,29)17-10-6-15(7-11-17)20(30-3)18-12-19(31-21(18)22(24)27)14-4-8-16(23)9-5-14/h4-13,20H,1-3H3,(H2,24,27). The first-order valence-corrected chi connectivity index (χ1v) is 12.0. The molecule has 3 rings (SSSR count). The Morgan fingerprint density at radius 2 is 1.78 bits per heavy atom. The van der Waals surface area contributed by atoms with Crippen molar-refractivity contribution in [3.05, 3.63) is 75.6 Å². The minimum atomic E-state index is -3.82. The quantitative estimate of drug-likeness (QED) is 0.376. The molecule has 0 aliphatic rings. The molecule has 1 heterocycles. The molecule has 0 saturated carbocycles. The number of carbonyl (C=O) groups is 1. The van der Waals surface area contributed by atoms with E-state index in [0.29, 0.717) is 21.0 Å². The number of ether oxygens (including phenoxy) is 1. The Kier molecular flexibility index (Phi) is 7.35. The maximum Gasteiger partial charge on any atom is 0.283 e. The molecule has 1 unspecified atom stereocenters. The average molecular weight is 492 g/mol. The highest BCUT2D eigenvalue weighted by Gasteiger charge is 2.24. The minimum Gasteiger partial charge on any atom is -0.372 e. The summed E-state index contributed by atoms with van der Waals surface area (Å²) in [6, 6.07) is 15.3. The van der Waals surface area contributed by atoms with E-state index in [0.717, 1.165) is 10.4 Å². The fraction of sp³-hybridized carbons (Fsp3) is 0.182. The van der Waals surface area contributed by atoms with Crippen molar-refractivity contribution in [2.24, 2.45) is 10.1 Å². The summed E-state index contributed by atoms with van der Waals surface area (Å²) < 4.78 is 34.0. The first-order chi connectivity index (χ1) is 15.1. The number of nitrogens with zero attached hydrogens (tertiary/aromatic N) is 2. The van der Waals surface area contributed by atoms with Crippen molar-refractivity contribution in [3.63, 3.8) is 0 Å². The molecule has 0 fully saturated rings. The lowest BCUT2D eigenvalue weighted by atomic mass is 10.0. The van der Waals surface area contributed by atoms with Crippen LogP contribution in [0.15, 0.2) is 63.9 Å². The summed E-state index contributed by atoms with van der Waals surface area (Å²) in [5.41, 5.74) is 7.81. The van der Waals surface area contributed by atoms with Crippen molar-refractivity contribution in [3.8, 4) is 10.4 Å². The van der Waals surface area contributed by atoms with Gasteiger partial charge in [0.2, 0.25) is 0 Å². The van der Waals surface area contributed by atoms with Crippen LogP contribution in [0.5, 0.6) is 0 Å². The zero-order valence-corrected chi connectivity index (χ0v) is 20.0. The van der Waals surface area contributed by atoms with Crippen molar-refractivity contribution >= 4 is 45.2 Å². The van der Waals surface area contributed by atoms with Crippen LogP contribution in [0.3, 0.4) is 0 Å². The summed E-state index contributed by atoms with van der Waals surface area (Å²) in [4.78, 5) is 14.9. The maximum atomic E-state index is 12.4. The highest BCUT2D eigenvalue weighted by atomic mass is 35.5. The second-order valence-electron chi connectivity index (χ2n) is 7.11. The van der Waals surface area contributed by atoms with E-state index >= 15 is 0 Å². The number of halogens is 1. The molecular weight excluding hydrogens is 470 g/mol. The molecule has 10 heteroatoms. The molecule has 1 aromatic heterocycles. The minimum absolute atomic E-state index is 0.0523. The van der Waals surface area contributed by atoms with Crippen molar-refractivity contribution < 1.29 is 17.9 Å². The van der Waals surface area contributed by atoms with Gasteiger partial charge in [-0.1, -0.05) is 35.9 Å². The van der Waals surface area contributed by atoms with Gasteiger partial charge in [-0.25, -0.2) is 0 Å². The molecular formula is C22H22ClN3O4S2. The third-order valence-electron chi connectivity index (χ3n) is 4.53. The Bertz CT molecular complexity index is 1240. The molecule has 1 atom stereocenters. The van der Waals surface area contributed by atoms with Crippen LogP contribution in [0.25, 0.3) is 10.4 Å². The number of sulfonamides is 1. The smallest absolute Gasteiger partial charge is 0.283 e. The predicted molar refractivity (Wildman–Crippen MR) is 128 cm³/mol. The van der Waals surface area contributed by atoms with Crippen LogP contribution < -0.4 is 5.73 Å². The number of benzene rings is 2. The van der Waals surface area contributed by atoms with Crippen molar-refractivity contribution in [2.75, 3.05) is 21.2 Å². The van der Waals surface area contributed by atoms with Gasteiger partial charge in [-0.2, -0.15) is 8.42 Å². The number of hydrogen-bond acceptors (Lipinski definition) is 5. The zero-order chi connectivity index (χ0) is 23.5. The fourth-order valence-corrected chi connectivity index (χ4v) is 5.11. The van der Waals surface area contributed by atoms with E-state index in [1.165, 1.54) is 41.8 Å². The van der Waals surface area contributed by atoms with E-state index in [-0.39, 0.29) is 4.90 Å². The number of rotatable bonds is 8. The number of carbonyl (C=O) groups excluding carboxylic acids is 1. The molecule has 2 N–H and O–H groups in total. The lowest BCUT2D eigenvalue weighted by Gasteiger charge is -2.16. The fourth-order valence-electron chi connectivity index (χ4n) is 3.02.